The molecule has 11 nitrogen and oxygen atoms in total. The fraction of sp³-hybridized carbons (Fsp3) is 0.355. The molecule has 242 valence electrons. The van der Waals surface area contributed by atoms with Crippen molar-refractivity contribution in [2.24, 2.45) is 0 Å². The van der Waals surface area contributed by atoms with Crippen molar-refractivity contribution in [1.82, 2.24) is 4.98 Å². The third-order valence-corrected chi connectivity index (χ3v) is 4.54. The summed E-state index contributed by atoms with van der Waals surface area (Å²) in [4.78, 5) is 56.9. The number of ether oxygens (including phenoxy) is 1. The van der Waals surface area contributed by atoms with Gasteiger partial charge in [-0.25, -0.2) is 4.98 Å². The Kier molecular flexibility index (Phi) is 30.2. The number of nitrogens with zero attached hydrogens (tertiary/aromatic N) is 1. The Morgan fingerprint density at radius 1 is 0.795 bits per heavy atom. The highest BCUT2D eigenvalue weighted by atomic mass is 32.1. The summed E-state index contributed by atoms with van der Waals surface area (Å²) in [6, 6.07) is 19.0. The first-order valence-corrected chi connectivity index (χ1v) is 14.7. The third-order valence-electron chi connectivity index (χ3n) is 3.78. The Balaban J connectivity index is -0.000000605. The third kappa shape index (κ3) is 24.3. The summed E-state index contributed by atoms with van der Waals surface area (Å²) in [6.07, 6.45) is 1.51. The lowest BCUT2D eigenvalue weighted by Gasteiger charge is -2.09. The van der Waals surface area contributed by atoms with Crippen LogP contribution in [0, 0.1) is 0 Å². The summed E-state index contributed by atoms with van der Waals surface area (Å²) in [5.74, 6) is -2.29. The molecule has 0 atom stereocenters. The van der Waals surface area contributed by atoms with Crippen molar-refractivity contribution in [3.63, 3.8) is 0 Å². The number of rotatable bonds is 7. The minimum atomic E-state index is -1.59. The number of benzene rings is 2. The smallest absolute Gasteiger partial charge is 0.462 e. The lowest BCUT2D eigenvalue weighted by atomic mass is 10.2. The Bertz CT molecular complexity index is 1140. The summed E-state index contributed by atoms with van der Waals surface area (Å²) in [5, 5.41) is 5.37. The number of thiazole rings is 1. The van der Waals surface area contributed by atoms with Crippen molar-refractivity contribution < 1.29 is 42.7 Å². The van der Waals surface area contributed by atoms with Gasteiger partial charge < -0.3 is 23.5 Å². The van der Waals surface area contributed by atoms with Crippen LogP contribution in [0.4, 0.5) is 5.13 Å². The van der Waals surface area contributed by atoms with Gasteiger partial charge >= 0.3 is 7.32 Å². The predicted octanol–water partition coefficient (Wildman–Crippen LogP) is 6.63. The van der Waals surface area contributed by atoms with E-state index in [0.717, 1.165) is 38.3 Å². The number of anilines is 1. The van der Waals surface area contributed by atoms with Gasteiger partial charge in [-0.05, 0) is 12.1 Å². The van der Waals surface area contributed by atoms with Crippen molar-refractivity contribution in [2.75, 3.05) is 19.5 Å². The van der Waals surface area contributed by atoms with E-state index in [0.29, 0.717) is 17.1 Å². The van der Waals surface area contributed by atoms with Crippen LogP contribution < -0.4 is 5.32 Å². The normalized spacial score (nSPS) is 8.41. The molecule has 1 amide bonds. The molecule has 1 aromatic heterocycles. The number of hydrogen-bond acceptors (Lipinski definition) is 11. The molecule has 0 unspecified atom stereocenters. The van der Waals surface area contributed by atoms with Gasteiger partial charge in [-0.2, -0.15) is 0 Å². The van der Waals surface area contributed by atoms with Crippen LogP contribution in [0.5, 0.6) is 0 Å². The summed E-state index contributed by atoms with van der Waals surface area (Å²) in [7, 11) is 1.66. The molecule has 0 aliphatic rings. The zero-order chi connectivity index (χ0) is 34.3. The van der Waals surface area contributed by atoms with Crippen molar-refractivity contribution in [3.05, 3.63) is 71.6 Å². The number of aromatic nitrogens is 1. The van der Waals surface area contributed by atoms with Crippen molar-refractivity contribution in [3.8, 4) is 11.3 Å². The molecule has 1 N–H and O–H groups in total. The van der Waals surface area contributed by atoms with Crippen LogP contribution in [0.25, 0.3) is 11.3 Å². The molecular weight excluding hydrogens is 587 g/mol. The zero-order valence-electron chi connectivity index (χ0n) is 27.2. The second-order valence-corrected chi connectivity index (χ2v) is 8.18. The summed E-state index contributed by atoms with van der Waals surface area (Å²) in [6.45, 7) is 13.1. The van der Waals surface area contributed by atoms with Gasteiger partial charge in [-0.3, -0.25) is 24.5 Å². The van der Waals surface area contributed by atoms with Crippen LogP contribution in [-0.4, -0.2) is 56.6 Å². The lowest BCUT2D eigenvalue weighted by Crippen LogP contribution is -2.32. The van der Waals surface area contributed by atoms with E-state index in [1.165, 1.54) is 11.3 Å². The molecule has 3 rings (SSSR count). The molecule has 1 heterocycles. The van der Waals surface area contributed by atoms with E-state index in [1.54, 1.807) is 26.4 Å². The Morgan fingerprint density at radius 3 is 1.55 bits per heavy atom. The molecule has 0 spiro atoms. The maximum Gasteiger partial charge on any atom is 0.870 e. The van der Waals surface area contributed by atoms with Gasteiger partial charge in [-0.15, -0.1) is 11.3 Å². The van der Waals surface area contributed by atoms with Gasteiger partial charge in [0.1, 0.15) is 6.29 Å². The van der Waals surface area contributed by atoms with Crippen LogP contribution in [0.2, 0.25) is 0 Å². The number of amides is 1. The van der Waals surface area contributed by atoms with E-state index in [2.05, 4.69) is 29.0 Å². The first kappa shape index (κ1) is 44.1. The van der Waals surface area contributed by atoms with Crippen LogP contribution in [0.15, 0.2) is 66.0 Å². The summed E-state index contributed by atoms with van der Waals surface area (Å²) >= 11 is 1.42. The van der Waals surface area contributed by atoms with Gasteiger partial charge in [0.25, 0.3) is 23.8 Å². The minimum Gasteiger partial charge on any atom is -0.462 e. The molecular formula is C31H45BN2O9S. The highest BCUT2D eigenvalue weighted by Gasteiger charge is 2.33. The number of carbonyl (C=O) groups is 5. The number of nitrogens with one attached hydrogen (secondary N) is 1. The highest BCUT2D eigenvalue weighted by molar-refractivity contribution is 7.14. The molecule has 0 bridgehead atoms. The van der Waals surface area contributed by atoms with Gasteiger partial charge in [0.2, 0.25) is 0 Å². The van der Waals surface area contributed by atoms with E-state index >= 15 is 0 Å². The fourth-order valence-electron chi connectivity index (χ4n) is 2.31. The average Bonchev–Trinajstić information content (AvgIpc) is 3.48. The van der Waals surface area contributed by atoms with Gasteiger partial charge in [-0.1, -0.05) is 83.1 Å². The summed E-state index contributed by atoms with van der Waals surface area (Å²) in [5.41, 5.74) is 2.55. The molecule has 0 aliphatic heterocycles. The molecule has 2 aromatic carbocycles. The van der Waals surface area contributed by atoms with Crippen LogP contribution in [-0.2, 0) is 37.9 Å². The van der Waals surface area contributed by atoms with Crippen molar-refractivity contribution in [1.29, 1.82) is 0 Å². The molecule has 3 aromatic rings. The zero-order valence-corrected chi connectivity index (χ0v) is 28.1. The largest absolute Gasteiger partial charge is 0.870 e. The predicted molar refractivity (Wildman–Crippen MR) is 175 cm³/mol. The lowest BCUT2D eigenvalue weighted by molar-refractivity contribution is -0.145. The van der Waals surface area contributed by atoms with Gasteiger partial charge in [0.15, 0.2) is 5.13 Å². The number of methoxy groups -OCH3 is 1. The molecule has 0 saturated carbocycles. The summed E-state index contributed by atoms with van der Waals surface area (Å²) < 4.78 is 17.3. The topological polar surface area (TPSA) is 147 Å². The standard InChI is InChI=1S/C16H12N2OS.C6H9BO6.C3H6O.C2H6O.2C2H6/c19-15(13-9-5-2-6-10-13)18-16-17-14(11-20-16)12-7-3-1-4-8-12;1-4(8)11-7(12-5(2)9)13-6(3)10;1-2-3-4;1-3-2;2*1-2/h1-11H,(H,17,18,19);1-3H3;3H,2H2,1H3;1-2H3;2*1-2H3. The molecule has 0 fully saturated rings. The first-order chi connectivity index (χ1) is 21.1. The molecule has 44 heavy (non-hydrogen) atoms. The van der Waals surface area contributed by atoms with Crippen molar-refractivity contribution >= 4 is 53.9 Å². The van der Waals surface area contributed by atoms with E-state index in [9.17, 15) is 24.0 Å². The van der Waals surface area contributed by atoms with Crippen LogP contribution in [0.3, 0.4) is 0 Å². The molecule has 0 saturated heterocycles. The maximum absolute atomic E-state index is 12.0. The minimum absolute atomic E-state index is 0.139. The molecule has 0 radical (unpaired) electrons. The Hall–Kier alpha value is -4.36. The van der Waals surface area contributed by atoms with Crippen molar-refractivity contribution in [2.45, 2.75) is 61.8 Å². The van der Waals surface area contributed by atoms with Gasteiger partial charge in [0.05, 0.1) is 5.69 Å². The van der Waals surface area contributed by atoms with Crippen LogP contribution >= 0.6 is 11.3 Å². The van der Waals surface area contributed by atoms with E-state index in [1.807, 2.05) is 88.5 Å². The average molecular weight is 633 g/mol. The number of carbonyl (C=O) groups excluding carboxylic acids is 5. The first-order valence-electron chi connectivity index (χ1n) is 13.8. The molecule has 13 heteroatoms. The SMILES string of the molecule is CC.CC.CC(=O)OB(OC(C)=O)OC(C)=O.CCC=O.COC.O=C(Nc1nc(-c2ccccc2)cs1)c1ccccc1. The maximum atomic E-state index is 12.0. The monoisotopic (exact) mass is 632 g/mol. The van der Waals surface area contributed by atoms with Crippen LogP contribution in [0.1, 0.15) is 72.2 Å². The Morgan fingerprint density at radius 2 is 1.18 bits per heavy atom. The highest BCUT2D eigenvalue weighted by Crippen LogP contribution is 2.24. The second-order valence-electron chi connectivity index (χ2n) is 7.32. The van der Waals surface area contributed by atoms with E-state index in [4.69, 9.17) is 0 Å². The molecule has 0 aliphatic carbocycles. The van der Waals surface area contributed by atoms with Gasteiger partial charge in [0, 0.05) is 57.9 Å². The quantitative estimate of drug-likeness (QED) is 0.222. The fourth-order valence-corrected chi connectivity index (χ4v) is 3.02. The van der Waals surface area contributed by atoms with E-state index < -0.39 is 25.2 Å². The number of aldehydes is 1. The number of hydrogen-bond donors (Lipinski definition) is 1. The van der Waals surface area contributed by atoms with E-state index in [-0.39, 0.29) is 5.91 Å². The Labute approximate surface area is 265 Å². The second kappa shape index (κ2) is 30.1.